The molecule has 0 unspecified atom stereocenters. The molecule has 0 N–H and O–H groups in total. The first-order valence-corrected chi connectivity index (χ1v) is 5.55. The molecule has 0 radical (unpaired) electrons. The number of hydrogen-bond acceptors (Lipinski definition) is 4. The molecular weight excluding hydrogens is 246 g/mol. The van der Waals surface area contributed by atoms with Gasteiger partial charge in [0.2, 0.25) is 0 Å². The highest BCUT2D eigenvalue weighted by molar-refractivity contribution is 6.17. The van der Waals surface area contributed by atoms with Crippen LogP contribution < -0.4 is 0 Å². The smallest absolute Gasteiger partial charge is 0.345 e. The van der Waals surface area contributed by atoms with E-state index in [-0.39, 0.29) is 23.7 Å². The number of esters is 1. The minimum absolute atomic E-state index is 0.00860. The Morgan fingerprint density at radius 3 is 2.65 bits per heavy atom. The molecule has 0 aliphatic rings. The average Bonchev–Trinajstić information content (AvgIpc) is 2.27. The van der Waals surface area contributed by atoms with E-state index in [1.54, 1.807) is 19.9 Å². The van der Waals surface area contributed by atoms with Crippen LogP contribution >= 0.6 is 11.6 Å². The molecule has 0 saturated carbocycles. The first kappa shape index (κ1) is 13.4. The first-order valence-electron chi connectivity index (χ1n) is 5.02. The number of rotatable bonds is 4. The van der Waals surface area contributed by atoms with Gasteiger partial charge >= 0.3 is 5.97 Å². The lowest BCUT2D eigenvalue weighted by molar-refractivity contribution is -0.385. The third-order valence-corrected chi connectivity index (χ3v) is 2.51. The van der Waals surface area contributed by atoms with Crippen LogP contribution in [-0.2, 0) is 10.6 Å². The zero-order chi connectivity index (χ0) is 13.0. The number of nitro groups is 1. The van der Waals surface area contributed by atoms with Gasteiger partial charge in [-0.05, 0) is 25.0 Å². The van der Waals surface area contributed by atoms with E-state index in [1.807, 2.05) is 0 Å². The molecule has 0 saturated heterocycles. The average molecular weight is 258 g/mol. The van der Waals surface area contributed by atoms with Gasteiger partial charge in [0.1, 0.15) is 5.56 Å². The van der Waals surface area contributed by atoms with Gasteiger partial charge in [-0.25, -0.2) is 4.79 Å². The highest BCUT2D eigenvalue weighted by Gasteiger charge is 2.24. The summed E-state index contributed by atoms with van der Waals surface area (Å²) in [4.78, 5) is 21.9. The second-order valence-electron chi connectivity index (χ2n) is 3.42. The number of hydrogen-bond donors (Lipinski definition) is 0. The van der Waals surface area contributed by atoms with Crippen LogP contribution in [0.15, 0.2) is 12.1 Å². The lowest BCUT2D eigenvalue weighted by Crippen LogP contribution is -2.10. The number of nitro benzene ring substituents is 1. The second kappa shape index (κ2) is 5.63. The topological polar surface area (TPSA) is 69.4 Å². The molecule has 0 aromatic heterocycles. The van der Waals surface area contributed by atoms with E-state index in [2.05, 4.69) is 0 Å². The number of nitrogens with zero attached hydrogens (tertiary/aromatic N) is 1. The summed E-state index contributed by atoms with van der Waals surface area (Å²) in [7, 11) is 0. The maximum atomic E-state index is 11.6. The highest BCUT2D eigenvalue weighted by atomic mass is 35.5. The molecular formula is C11H12ClNO4. The molecule has 0 heterocycles. The van der Waals surface area contributed by atoms with E-state index in [0.29, 0.717) is 11.1 Å². The van der Waals surface area contributed by atoms with Gasteiger partial charge < -0.3 is 4.74 Å². The van der Waals surface area contributed by atoms with Gasteiger partial charge in [-0.15, -0.1) is 11.6 Å². The molecule has 0 aliphatic carbocycles. The normalized spacial score (nSPS) is 10.1. The van der Waals surface area contributed by atoms with E-state index in [9.17, 15) is 14.9 Å². The van der Waals surface area contributed by atoms with Crippen LogP contribution in [0.2, 0.25) is 0 Å². The molecule has 0 aliphatic heterocycles. The second-order valence-corrected chi connectivity index (χ2v) is 3.69. The Hall–Kier alpha value is -1.62. The quantitative estimate of drug-likeness (QED) is 0.360. The lowest BCUT2D eigenvalue weighted by Gasteiger charge is -2.07. The standard InChI is InChI=1S/C11H12ClNO4/c1-3-17-11(14)10-7(2)4-8(6-12)5-9(10)13(15)16/h4-5H,3,6H2,1-2H3. The van der Waals surface area contributed by atoms with Crippen molar-refractivity contribution in [2.24, 2.45) is 0 Å². The Morgan fingerprint density at radius 2 is 2.18 bits per heavy atom. The molecule has 0 bridgehead atoms. The largest absolute Gasteiger partial charge is 0.462 e. The molecule has 92 valence electrons. The van der Waals surface area contributed by atoms with Crippen molar-refractivity contribution < 1.29 is 14.5 Å². The minimum Gasteiger partial charge on any atom is -0.462 e. The summed E-state index contributed by atoms with van der Waals surface area (Å²) in [6.45, 7) is 3.44. The molecule has 6 heteroatoms. The first-order chi connectivity index (χ1) is 8.01. The van der Waals surface area contributed by atoms with Crippen LogP contribution in [-0.4, -0.2) is 17.5 Å². The Morgan fingerprint density at radius 1 is 1.53 bits per heavy atom. The highest BCUT2D eigenvalue weighted by Crippen LogP contribution is 2.26. The van der Waals surface area contributed by atoms with Gasteiger partial charge in [0, 0.05) is 11.9 Å². The molecule has 0 fully saturated rings. The summed E-state index contributed by atoms with van der Waals surface area (Å²) in [5.41, 5.74) is 0.821. The minimum atomic E-state index is -0.683. The van der Waals surface area contributed by atoms with Crippen molar-refractivity contribution in [3.63, 3.8) is 0 Å². The van der Waals surface area contributed by atoms with E-state index in [0.717, 1.165) is 0 Å². The maximum absolute atomic E-state index is 11.6. The van der Waals surface area contributed by atoms with E-state index < -0.39 is 10.9 Å². The number of ether oxygens (including phenoxy) is 1. The number of benzene rings is 1. The van der Waals surface area contributed by atoms with E-state index in [1.165, 1.54) is 6.07 Å². The zero-order valence-corrected chi connectivity index (χ0v) is 10.3. The molecule has 17 heavy (non-hydrogen) atoms. The SMILES string of the molecule is CCOC(=O)c1c(C)cc(CCl)cc1[N+](=O)[O-]. The molecule has 1 aromatic carbocycles. The number of alkyl halides is 1. The van der Waals surface area contributed by atoms with Crippen molar-refractivity contribution >= 4 is 23.3 Å². The fraction of sp³-hybridized carbons (Fsp3) is 0.364. The summed E-state index contributed by atoms with van der Waals surface area (Å²) in [6, 6.07) is 2.94. The molecule has 0 amide bonds. The fourth-order valence-corrected chi connectivity index (χ4v) is 1.69. The van der Waals surface area contributed by atoms with Crippen LogP contribution in [0.4, 0.5) is 5.69 Å². The van der Waals surface area contributed by atoms with Gasteiger partial charge in [0.25, 0.3) is 5.69 Å². The molecule has 5 nitrogen and oxygen atoms in total. The van der Waals surface area contributed by atoms with Gasteiger partial charge in [-0.2, -0.15) is 0 Å². The molecule has 0 spiro atoms. The van der Waals surface area contributed by atoms with Crippen molar-refractivity contribution in [2.45, 2.75) is 19.7 Å². The van der Waals surface area contributed by atoms with Crippen LogP contribution in [0.5, 0.6) is 0 Å². The summed E-state index contributed by atoms with van der Waals surface area (Å²) < 4.78 is 4.80. The lowest BCUT2D eigenvalue weighted by atomic mass is 10.0. The summed E-state index contributed by atoms with van der Waals surface area (Å²) in [5, 5.41) is 10.9. The summed E-state index contributed by atoms with van der Waals surface area (Å²) in [6.07, 6.45) is 0. The number of halogens is 1. The van der Waals surface area contributed by atoms with E-state index in [4.69, 9.17) is 16.3 Å². The van der Waals surface area contributed by atoms with Crippen molar-refractivity contribution in [1.29, 1.82) is 0 Å². The van der Waals surface area contributed by atoms with Gasteiger partial charge in [0.15, 0.2) is 0 Å². The number of aryl methyl sites for hydroxylation is 1. The monoisotopic (exact) mass is 257 g/mol. The third-order valence-electron chi connectivity index (χ3n) is 2.21. The maximum Gasteiger partial charge on any atom is 0.345 e. The Labute approximate surface area is 103 Å². The van der Waals surface area contributed by atoms with E-state index >= 15 is 0 Å². The Bertz CT molecular complexity index is 459. The van der Waals surface area contributed by atoms with Gasteiger partial charge in [0.05, 0.1) is 11.5 Å². The van der Waals surface area contributed by atoms with Crippen LogP contribution in [0.3, 0.4) is 0 Å². The third kappa shape index (κ3) is 2.94. The predicted octanol–water partition coefficient (Wildman–Crippen LogP) is 2.82. The predicted molar refractivity (Wildman–Crippen MR) is 63.3 cm³/mol. The summed E-state index contributed by atoms with van der Waals surface area (Å²) in [5.74, 6) is -0.525. The molecule has 1 aromatic rings. The summed E-state index contributed by atoms with van der Waals surface area (Å²) >= 11 is 5.63. The van der Waals surface area contributed by atoms with Crippen molar-refractivity contribution in [3.05, 3.63) is 38.9 Å². The van der Waals surface area contributed by atoms with Crippen LogP contribution in [0, 0.1) is 17.0 Å². The molecule has 1 rings (SSSR count). The van der Waals surface area contributed by atoms with Crippen molar-refractivity contribution in [2.75, 3.05) is 6.61 Å². The molecule has 0 atom stereocenters. The van der Waals surface area contributed by atoms with Gasteiger partial charge in [-0.1, -0.05) is 6.07 Å². The van der Waals surface area contributed by atoms with Crippen molar-refractivity contribution in [1.82, 2.24) is 0 Å². The fourth-order valence-electron chi connectivity index (χ4n) is 1.53. The van der Waals surface area contributed by atoms with Crippen molar-refractivity contribution in [3.8, 4) is 0 Å². The van der Waals surface area contributed by atoms with Crippen LogP contribution in [0.25, 0.3) is 0 Å². The Kier molecular flexibility index (Phi) is 4.45. The van der Waals surface area contributed by atoms with Gasteiger partial charge in [-0.3, -0.25) is 10.1 Å². The zero-order valence-electron chi connectivity index (χ0n) is 9.53. The van der Waals surface area contributed by atoms with Crippen LogP contribution in [0.1, 0.15) is 28.4 Å². The number of carbonyl (C=O) groups excluding carboxylic acids is 1. The Balaban J connectivity index is 3.36. The number of carbonyl (C=O) groups is 1.